The van der Waals surface area contributed by atoms with Gasteiger partial charge in [0, 0.05) is 23.5 Å². The fourth-order valence-corrected chi connectivity index (χ4v) is 2.44. The zero-order chi connectivity index (χ0) is 16.5. The lowest BCUT2D eigenvalue weighted by Crippen LogP contribution is -2.20. The summed E-state index contributed by atoms with van der Waals surface area (Å²) in [4.78, 5) is 25.8. The number of hydrogen-bond donors (Lipinski definition) is 3. The first-order chi connectivity index (χ1) is 11.7. The van der Waals surface area contributed by atoms with Crippen molar-refractivity contribution in [3.05, 3.63) is 46.9 Å². The lowest BCUT2D eigenvalue weighted by Gasteiger charge is -2.19. The number of amides is 2. The van der Waals surface area contributed by atoms with Gasteiger partial charge in [-0.3, -0.25) is 4.98 Å². The third-order valence-electron chi connectivity index (χ3n) is 3.48. The minimum atomic E-state index is -0.539. The molecule has 0 bridgehead atoms. The zero-order valence-corrected chi connectivity index (χ0v) is 12.4. The molecule has 24 heavy (non-hydrogen) atoms. The molecule has 1 aromatic heterocycles. The van der Waals surface area contributed by atoms with E-state index in [0.717, 1.165) is 0 Å². The molecule has 3 aromatic rings. The van der Waals surface area contributed by atoms with E-state index in [1.165, 1.54) is 0 Å². The van der Waals surface area contributed by atoms with Gasteiger partial charge >= 0.3 is 11.8 Å². The summed E-state index contributed by atoms with van der Waals surface area (Å²) in [6.07, 6.45) is 0. The number of aromatic nitrogens is 1. The number of carbonyl (C=O) groups excluding carboxylic acids is 1. The number of ether oxygens (including phenoxy) is 2. The molecule has 0 saturated carbocycles. The second-order valence-corrected chi connectivity index (χ2v) is 5.16. The fourth-order valence-electron chi connectivity index (χ4n) is 2.44. The normalized spacial score (nSPS) is 12.8. The highest BCUT2D eigenvalue weighted by atomic mass is 16.6. The van der Waals surface area contributed by atoms with Gasteiger partial charge in [-0.15, -0.1) is 0 Å². The van der Waals surface area contributed by atoms with Gasteiger partial charge in [-0.2, -0.15) is 0 Å². The van der Waals surface area contributed by atoms with E-state index in [-0.39, 0.29) is 0 Å². The van der Waals surface area contributed by atoms with E-state index in [1.54, 1.807) is 36.4 Å². The van der Waals surface area contributed by atoms with E-state index < -0.39 is 11.8 Å². The Labute approximate surface area is 135 Å². The van der Waals surface area contributed by atoms with Crippen LogP contribution in [0.15, 0.2) is 45.6 Å². The van der Waals surface area contributed by atoms with Crippen LogP contribution >= 0.6 is 0 Å². The van der Waals surface area contributed by atoms with Crippen molar-refractivity contribution in [2.45, 2.75) is 0 Å². The van der Waals surface area contributed by atoms with Gasteiger partial charge in [-0.05, 0) is 24.3 Å². The summed E-state index contributed by atoms with van der Waals surface area (Å²) in [5, 5.41) is 5.38. The molecule has 2 amide bonds. The number of benzene rings is 2. The van der Waals surface area contributed by atoms with Crippen LogP contribution in [0.2, 0.25) is 0 Å². The van der Waals surface area contributed by atoms with E-state index in [9.17, 15) is 9.59 Å². The van der Waals surface area contributed by atoms with Crippen molar-refractivity contribution in [2.75, 3.05) is 23.8 Å². The summed E-state index contributed by atoms with van der Waals surface area (Å²) in [7, 11) is 0. The monoisotopic (exact) mass is 327 g/mol. The molecule has 1 aliphatic rings. The molecule has 0 radical (unpaired) electrons. The lowest BCUT2D eigenvalue weighted by atomic mass is 10.2. The van der Waals surface area contributed by atoms with Crippen molar-refractivity contribution >= 4 is 28.5 Å². The Balaban J connectivity index is 1.48. The number of hydrogen-bond acceptors (Lipinski definition) is 5. The van der Waals surface area contributed by atoms with Gasteiger partial charge in [0.1, 0.15) is 13.2 Å². The number of oxazole rings is 1. The smallest absolute Gasteiger partial charge is 0.417 e. The van der Waals surface area contributed by atoms with Gasteiger partial charge in [-0.1, -0.05) is 0 Å². The molecule has 0 atom stereocenters. The quantitative estimate of drug-likeness (QED) is 0.671. The molecule has 0 aliphatic carbocycles. The minimum absolute atomic E-state index is 0.372. The molecule has 8 nitrogen and oxygen atoms in total. The van der Waals surface area contributed by atoms with Crippen molar-refractivity contribution in [2.24, 2.45) is 0 Å². The van der Waals surface area contributed by atoms with Gasteiger partial charge in [0.05, 0.1) is 5.52 Å². The van der Waals surface area contributed by atoms with Gasteiger partial charge in [0.15, 0.2) is 17.1 Å². The second-order valence-electron chi connectivity index (χ2n) is 5.16. The molecular formula is C16H13N3O5. The standard InChI is InChI=1S/C16H13N3O5/c20-15(17-9-1-3-11-13(7-9)24-16(21)19-11)18-10-2-4-12-14(8-10)23-6-5-22-12/h1-4,7-8H,5-6H2,(H,19,21)(H2,17,18,20). The number of rotatable bonds is 2. The Morgan fingerprint density at radius 1 is 0.958 bits per heavy atom. The number of nitrogens with one attached hydrogen (secondary N) is 3. The average molecular weight is 327 g/mol. The molecule has 0 saturated heterocycles. The Hall–Kier alpha value is -3.42. The van der Waals surface area contributed by atoms with E-state index in [4.69, 9.17) is 13.9 Å². The van der Waals surface area contributed by atoms with Crippen LogP contribution < -0.4 is 25.9 Å². The van der Waals surface area contributed by atoms with Crippen LogP contribution in [-0.2, 0) is 0 Å². The van der Waals surface area contributed by atoms with Crippen molar-refractivity contribution in [3.8, 4) is 11.5 Å². The van der Waals surface area contributed by atoms with Crippen molar-refractivity contribution in [1.29, 1.82) is 0 Å². The average Bonchev–Trinajstić information content (AvgIpc) is 2.94. The van der Waals surface area contributed by atoms with Crippen LogP contribution in [0.5, 0.6) is 11.5 Å². The topological polar surface area (TPSA) is 106 Å². The highest BCUT2D eigenvalue weighted by Gasteiger charge is 2.13. The molecule has 3 N–H and O–H groups in total. The van der Waals surface area contributed by atoms with Gasteiger partial charge in [0.2, 0.25) is 0 Å². The van der Waals surface area contributed by atoms with Crippen LogP contribution in [0.1, 0.15) is 0 Å². The summed E-state index contributed by atoms with van der Waals surface area (Å²) < 4.78 is 15.9. The lowest BCUT2D eigenvalue weighted by molar-refractivity contribution is 0.171. The van der Waals surface area contributed by atoms with E-state index >= 15 is 0 Å². The molecule has 1 aliphatic heterocycles. The highest BCUT2D eigenvalue weighted by molar-refractivity contribution is 6.00. The van der Waals surface area contributed by atoms with Crippen LogP contribution in [-0.4, -0.2) is 24.2 Å². The number of H-pyrrole nitrogens is 1. The SMILES string of the molecule is O=C(Nc1ccc2c(c1)OCCO2)Nc1ccc2[nH]c(=O)oc2c1. The third-order valence-corrected chi connectivity index (χ3v) is 3.48. The second kappa shape index (κ2) is 5.65. The summed E-state index contributed by atoms with van der Waals surface area (Å²) in [5.74, 6) is 0.706. The summed E-state index contributed by atoms with van der Waals surface area (Å²) in [6.45, 7) is 0.989. The Morgan fingerprint density at radius 2 is 1.67 bits per heavy atom. The first-order valence-corrected chi connectivity index (χ1v) is 7.28. The maximum atomic E-state index is 12.1. The summed E-state index contributed by atoms with van der Waals surface area (Å²) >= 11 is 0. The first kappa shape index (κ1) is 14.2. The van der Waals surface area contributed by atoms with Crippen LogP contribution in [0, 0.1) is 0 Å². The van der Waals surface area contributed by atoms with Crippen molar-refractivity contribution in [1.82, 2.24) is 4.98 Å². The van der Waals surface area contributed by atoms with Gasteiger partial charge < -0.3 is 24.5 Å². The summed E-state index contributed by atoms with van der Waals surface area (Å²) in [6, 6.07) is 9.62. The maximum Gasteiger partial charge on any atom is 0.417 e. The maximum absolute atomic E-state index is 12.1. The highest BCUT2D eigenvalue weighted by Crippen LogP contribution is 2.32. The third kappa shape index (κ3) is 2.76. The molecule has 0 unspecified atom stereocenters. The van der Waals surface area contributed by atoms with Crippen LogP contribution in [0.25, 0.3) is 11.1 Å². The van der Waals surface area contributed by atoms with E-state index in [2.05, 4.69) is 15.6 Å². The number of carbonyl (C=O) groups is 1. The molecule has 122 valence electrons. The van der Waals surface area contributed by atoms with Crippen LogP contribution in [0.4, 0.5) is 16.2 Å². The largest absolute Gasteiger partial charge is 0.486 e. The molecule has 2 aromatic carbocycles. The predicted molar refractivity (Wildman–Crippen MR) is 86.9 cm³/mol. The Kier molecular flexibility index (Phi) is 3.34. The van der Waals surface area contributed by atoms with Crippen LogP contribution in [0.3, 0.4) is 0 Å². The Bertz CT molecular complexity index is 975. The molecule has 0 spiro atoms. The van der Waals surface area contributed by atoms with E-state index in [1.807, 2.05) is 0 Å². The number of urea groups is 1. The molecule has 0 fully saturated rings. The molecule has 2 heterocycles. The molecule has 4 rings (SSSR count). The minimum Gasteiger partial charge on any atom is -0.486 e. The molecule has 8 heteroatoms. The van der Waals surface area contributed by atoms with E-state index in [0.29, 0.717) is 47.2 Å². The Morgan fingerprint density at radius 3 is 2.50 bits per heavy atom. The molecular weight excluding hydrogens is 314 g/mol. The number of aromatic amines is 1. The first-order valence-electron chi connectivity index (χ1n) is 7.28. The van der Waals surface area contributed by atoms with Gasteiger partial charge in [0.25, 0.3) is 0 Å². The van der Waals surface area contributed by atoms with Gasteiger partial charge in [-0.25, -0.2) is 9.59 Å². The fraction of sp³-hybridized carbons (Fsp3) is 0.125. The van der Waals surface area contributed by atoms with Crippen molar-refractivity contribution < 1.29 is 18.7 Å². The number of anilines is 2. The predicted octanol–water partition coefficient (Wildman–Crippen LogP) is 2.54. The summed E-state index contributed by atoms with van der Waals surface area (Å²) in [5.41, 5.74) is 2.02. The zero-order valence-electron chi connectivity index (χ0n) is 12.4. The van der Waals surface area contributed by atoms with Crippen molar-refractivity contribution in [3.63, 3.8) is 0 Å². The number of fused-ring (bicyclic) bond motifs is 2.